The molecular formula is C9H12BrNO3S. The van der Waals surface area contributed by atoms with E-state index in [1.54, 1.807) is 19.1 Å². The molecule has 15 heavy (non-hydrogen) atoms. The lowest BCUT2D eigenvalue weighted by molar-refractivity contribution is 0.192. The quantitative estimate of drug-likeness (QED) is 0.860. The zero-order valence-electron chi connectivity index (χ0n) is 8.23. The summed E-state index contributed by atoms with van der Waals surface area (Å²) in [5, 5.41) is 0. The molecule has 1 aromatic rings. The van der Waals surface area contributed by atoms with E-state index in [2.05, 4.69) is 15.9 Å². The third kappa shape index (κ3) is 3.19. The minimum atomic E-state index is -3.44. The van der Waals surface area contributed by atoms with Crippen LogP contribution in [0.1, 0.15) is 6.92 Å². The Labute approximate surface area is 97.5 Å². The maximum atomic E-state index is 11.7. The van der Waals surface area contributed by atoms with E-state index < -0.39 is 9.84 Å². The standard InChI is InChI=1S/C9H12BrNO3S/c1-2-14-6-15(12,13)9-4-3-7(10)5-8(9)11/h3-5H,2,6,11H2,1H3. The van der Waals surface area contributed by atoms with Crippen LogP contribution >= 0.6 is 15.9 Å². The lowest BCUT2D eigenvalue weighted by Crippen LogP contribution is -2.12. The number of anilines is 1. The zero-order chi connectivity index (χ0) is 11.5. The first-order valence-corrected chi connectivity index (χ1v) is 6.77. The molecule has 4 nitrogen and oxygen atoms in total. The Bertz CT molecular complexity index is 445. The fraction of sp³-hybridized carbons (Fsp3) is 0.333. The van der Waals surface area contributed by atoms with Crippen LogP contribution in [0.3, 0.4) is 0 Å². The van der Waals surface area contributed by atoms with Gasteiger partial charge in [-0.1, -0.05) is 15.9 Å². The van der Waals surface area contributed by atoms with Gasteiger partial charge in [0.2, 0.25) is 9.84 Å². The average Bonchev–Trinajstić information content (AvgIpc) is 2.14. The largest absolute Gasteiger partial charge is 0.398 e. The van der Waals surface area contributed by atoms with Crippen molar-refractivity contribution >= 4 is 31.5 Å². The molecule has 0 aliphatic heterocycles. The fourth-order valence-electron chi connectivity index (χ4n) is 1.06. The van der Waals surface area contributed by atoms with E-state index in [0.29, 0.717) is 6.61 Å². The van der Waals surface area contributed by atoms with Gasteiger partial charge < -0.3 is 10.5 Å². The Kier molecular flexibility index (Phi) is 4.12. The maximum absolute atomic E-state index is 11.7. The summed E-state index contributed by atoms with van der Waals surface area (Å²) in [5.74, 6) is -0.338. The first-order valence-electron chi connectivity index (χ1n) is 4.33. The molecule has 1 rings (SSSR count). The van der Waals surface area contributed by atoms with Crippen molar-refractivity contribution in [3.63, 3.8) is 0 Å². The van der Waals surface area contributed by atoms with Gasteiger partial charge in [0.05, 0.1) is 10.6 Å². The summed E-state index contributed by atoms with van der Waals surface area (Å²) in [4.78, 5) is 0.110. The number of nitrogens with two attached hydrogens (primary N) is 1. The van der Waals surface area contributed by atoms with Crippen LogP contribution < -0.4 is 5.73 Å². The van der Waals surface area contributed by atoms with Gasteiger partial charge in [-0.3, -0.25) is 0 Å². The Morgan fingerprint density at radius 2 is 2.13 bits per heavy atom. The number of hydrogen-bond acceptors (Lipinski definition) is 4. The van der Waals surface area contributed by atoms with E-state index >= 15 is 0 Å². The molecule has 6 heteroatoms. The second-order valence-electron chi connectivity index (χ2n) is 2.91. The van der Waals surface area contributed by atoms with Gasteiger partial charge in [-0.2, -0.15) is 0 Å². The topological polar surface area (TPSA) is 69.4 Å². The summed E-state index contributed by atoms with van der Waals surface area (Å²) < 4.78 is 29.0. The summed E-state index contributed by atoms with van der Waals surface area (Å²) in [6.07, 6.45) is 0. The van der Waals surface area contributed by atoms with Crippen molar-refractivity contribution in [1.82, 2.24) is 0 Å². The predicted octanol–water partition coefficient (Wildman–Crippen LogP) is 1.80. The van der Waals surface area contributed by atoms with Crippen molar-refractivity contribution in [1.29, 1.82) is 0 Å². The number of nitrogen functional groups attached to an aromatic ring is 1. The van der Waals surface area contributed by atoms with Crippen molar-refractivity contribution in [2.75, 3.05) is 18.3 Å². The number of sulfone groups is 1. The lowest BCUT2D eigenvalue weighted by atomic mass is 10.3. The lowest BCUT2D eigenvalue weighted by Gasteiger charge is -2.07. The van der Waals surface area contributed by atoms with Crippen molar-refractivity contribution < 1.29 is 13.2 Å². The third-order valence-electron chi connectivity index (χ3n) is 1.75. The van der Waals surface area contributed by atoms with Crippen LogP contribution in [-0.4, -0.2) is 21.0 Å². The van der Waals surface area contributed by atoms with Crippen LogP contribution in [0.5, 0.6) is 0 Å². The van der Waals surface area contributed by atoms with Gasteiger partial charge in [0.15, 0.2) is 5.94 Å². The fourth-order valence-corrected chi connectivity index (χ4v) is 2.64. The minimum Gasteiger partial charge on any atom is -0.398 e. The maximum Gasteiger partial charge on any atom is 0.204 e. The second kappa shape index (κ2) is 4.96. The van der Waals surface area contributed by atoms with E-state index in [0.717, 1.165) is 4.47 Å². The number of halogens is 1. The third-order valence-corrected chi connectivity index (χ3v) is 3.76. The predicted molar refractivity (Wildman–Crippen MR) is 62.2 cm³/mol. The molecule has 0 atom stereocenters. The molecule has 0 amide bonds. The summed E-state index contributed by atoms with van der Waals surface area (Å²) in [6.45, 7) is 2.09. The van der Waals surface area contributed by atoms with Crippen molar-refractivity contribution in [3.8, 4) is 0 Å². The highest BCUT2D eigenvalue weighted by Gasteiger charge is 2.17. The smallest absolute Gasteiger partial charge is 0.204 e. The van der Waals surface area contributed by atoms with Crippen LogP contribution in [-0.2, 0) is 14.6 Å². The average molecular weight is 294 g/mol. The van der Waals surface area contributed by atoms with E-state index in [-0.39, 0.29) is 16.5 Å². The Hall–Kier alpha value is -0.590. The first-order chi connectivity index (χ1) is 6.97. The molecule has 84 valence electrons. The molecule has 0 radical (unpaired) electrons. The van der Waals surface area contributed by atoms with Crippen molar-refractivity contribution in [2.24, 2.45) is 0 Å². The molecule has 0 aliphatic rings. The molecule has 0 heterocycles. The van der Waals surface area contributed by atoms with Gasteiger partial charge in [-0.15, -0.1) is 0 Å². The highest BCUT2D eigenvalue weighted by atomic mass is 79.9. The second-order valence-corrected chi connectivity index (χ2v) is 5.73. The van der Waals surface area contributed by atoms with Gasteiger partial charge in [-0.25, -0.2) is 8.42 Å². The number of hydrogen-bond donors (Lipinski definition) is 1. The van der Waals surface area contributed by atoms with E-state index in [4.69, 9.17) is 10.5 Å². The Morgan fingerprint density at radius 1 is 1.47 bits per heavy atom. The van der Waals surface area contributed by atoms with E-state index in [9.17, 15) is 8.42 Å². The van der Waals surface area contributed by atoms with Crippen LogP contribution in [0.4, 0.5) is 5.69 Å². The highest BCUT2D eigenvalue weighted by Crippen LogP contribution is 2.23. The molecule has 0 bridgehead atoms. The molecule has 0 aliphatic carbocycles. The van der Waals surface area contributed by atoms with Crippen molar-refractivity contribution in [3.05, 3.63) is 22.7 Å². The molecule has 2 N–H and O–H groups in total. The zero-order valence-corrected chi connectivity index (χ0v) is 10.6. The van der Waals surface area contributed by atoms with Crippen molar-refractivity contribution in [2.45, 2.75) is 11.8 Å². The van der Waals surface area contributed by atoms with Crippen LogP contribution in [0, 0.1) is 0 Å². The number of ether oxygens (including phenoxy) is 1. The summed E-state index contributed by atoms with van der Waals surface area (Å²) >= 11 is 3.21. The molecule has 1 aromatic carbocycles. The molecule has 0 aromatic heterocycles. The monoisotopic (exact) mass is 293 g/mol. The van der Waals surface area contributed by atoms with Gasteiger partial charge in [0.1, 0.15) is 0 Å². The highest BCUT2D eigenvalue weighted by molar-refractivity contribution is 9.10. The number of rotatable bonds is 4. The first kappa shape index (κ1) is 12.5. The summed E-state index contributed by atoms with van der Waals surface area (Å²) in [5.41, 5.74) is 5.84. The van der Waals surface area contributed by atoms with E-state index in [1.807, 2.05) is 0 Å². The van der Waals surface area contributed by atoms with Crippen LogP contribution in [0.15, 0.2) is 27.6 Å². The molecule has 0 fully saturated rings. The van der Waals surface area contributed by atoms with E-state index in [1.165, 1.54) is 6.07 Å². The molecular weight excluding hydrogens is 282 g/mol. The minimum absolute atomic E-state index is 0.110. The summed E-state index contributed by atoms with van der Waals surface area (Å²) in [6, 6.07) is 4.65. The molecule has 0 saturated carbocycles. The van der Waals surface area contributed by atoms with Gasteiger partial charge in [0, 0.05) is 11.1 Å². The van der Waals surface area contributed by atoms with Gasteiger partial charge in [-0.05, 0) is 25.1 Å². The normalized spacial score (nSPS) is 11.6. The summed E-state index contributed by atoms with van der Waals surface area (Å²) in [7, 11) is -3.44. The Morgan fingerprint density at radius 3 is 2.67 bits per heavy atom. The van der Waals surface area contributed by atoms with Gasteiger partial charge in [0.25, 0.3) is 0 Å². The Balaban J connectivity index is 3.05. The number of benzene rings is 1. The SMILES string of the molecule is CCOCS(=O)(=O)c1ccc(Br)cc1N. The van der Waals surface area contributed by atoms with Gasteiger partial charge >= 0.3 is 0 Å². The van der Waals surface area contributed by atoms with Crippen LogP contribution in [0.2, 0.25) is 0 Å². The molecule has 0 spiro atoms. The molecule has 0 saturated heterocycles. The van der Waals surface area contributed by atoms with Crippen LogP contribution in [0.25, 0.3) is 0 Å². The molecule has 0 unspecified atom stereocenters.